The van der Waals surface area contributed by atoms with Gasteiger partial charge in [-0.1, -0.05) is 55.8 Å². The van der Waals surface area contributed by atoms with Crippen molar-refractivity contribution in [1.29, 1.82) is 0 Å². The van der Waals surface area contributed by atoms with E-state index in [-0.39, 0.29) is 30.6 Å². The summed E-state index contributed by atoms with van der Waals surface area (Å²) < 4.78 is 13.3. The molecule has 1 N–H and O–H groups in total. The minimum Gasteiger partial charge on any atom is -0.354 e. The molecule has 4 nitrogen and oxygen atoms in total. The van der Waals surface area contributed by atoms with Crippen molar-refractivity contribution in [2.45, 2.75) is 52.1 Å². The maximum Gasteiger partial charge on any atom is 0.242 e. The summed E-state index contributed by atoms with van der Waals surface area (Å²) in [4.78, 5) is 27.4. The van der Waals surface area contributed by atoms with Crippen LogP contribution < -0.4 is 5.32 Å². The molecule has 2 aromatic rings. The lowest BCUT2D eigenvalue weighted by Gasteiger charge is -2.31. The molecule has 2 rings (SSSR count). The van der Waals surface area contributed by atoms with Gasteiger partial charge in [-0.05, 0) is 48.6 Å². The van der Waals surface area contributed by atoms with E-state index in [2.05, 4.69) is 5.32 Å². The van der Waals surface area contributed by atoms with Crippen molar-refractivity contribution in [1.82, 2.24) is 10.2 Å². The Morgan fingerprint density at radius 3 is 2.41 bits per heavy atom. The highest BCUT2D eigenvalue weighted by molar-refractivity contribution is 6.31. The molecule has 2 aromatic carbocycles. The smallest absolute Gasteiger partial charge is 0.242 e. The fourth-order valence-electron chi connectivity index (χ4n) is 3.16. The lowest BCUT2D eigenvalue weighted by molar-refractivity contribution is -0.141. The van der Waals surface area contributed by atoms with E-state index in [1.807, 2.05) is 32.0 Å². The summed E-state index contributed by atoms with van der Waals surface area (Å²) in [7, 11) is 0. The third-order valence-corrected chi connectivity index (χ3v) is 5.14. The van der Waals surface area contributed by atoms with Crippen LogP contribution in [0.25, 0.3) is 0 Å². The number of hydrogen-bond donors (Lipinski definition) is 1. The Kier molecular flexibility index (Phi) is 9.13. The van der Waals surface area contributed by atoms with Crippen LogP contribution in [-0.2, 0) is 22.6 Å². The van der Waals surface area contributed by atoms with E-state index in [1.165, 1.54) is 12.1 Å². The molecule has 2 amide bonds. The van der Waals surface area contributed by atoms with Crippen LogP contribution in [0.4, 0.5) is 4.39 Å². The molecule has 6 heteroatoms. The van der Waals surface area contributed by atoms with Crippen molar-refractivity contribution in [3.05, 3.63) is 70.5 Å². The Labute approximate surface area is 177 Å². The second-order valence-corrected chi connectivity index (χ2v) is 7.36. The zero-order chi connectivity index (χ0) is 21.2. The predicted octanol–water partition coefficient (Wildman–Crippen LogP) is 4.75. The van der Waals surface area contributed by atoms with E-state index in [0.29, 0.717) is 24.4 Å². The first-order valence-electron chi connectivity index (χ1n) is 10.0. The Morgan fingerprint density at radius 1 is 1.10 bits per heavy atom. The van der Waals surface area contributed by atoms with Crippen molar-refractivity contribution in [2.24, 2.45) is 0 Å². The predicted molar refractivity (Wildman–Crippen MR) is 114 cm³/mol. The topological polar surface area (TPSA) is 49.4 Å². The van der Waals surface area contributed by atoms with Gasteiger partial charge in [0.2, 0.25) is 11.8 Å². The molecular weight excluding hydrogens is 391 g/mol. The Morgan fingerprint density at radius 2 is 1.79 bits per heavy atom. The van der Waals surface area contributed by atoms with Gasteiger partial charge in [0.15, 0.2) is 0 Å². The minimum atomic E-state index is -0.578. The van der Waals surface area contributed by atoms with Crippen molar-refractivity contribution in [2.75, 3.05) is 6.54 Å². The minimum absolute atomic E-state index is 0.132. The molecule has 0 heterocycles. The summed E-state index contributed by atoms with van der Waals surface area (Å²) >= 11 is 6.20. The lowest BCUT2D eigenvalue weighted by Crippen LogP contribution is -2.49. The molecule has 0 aliphatic rings. The quantitative estimate of drug-likeness (QED) is 0.605. The zero-order valence-corrected chi connectivity index (χ0v) is 17.7. The zero-order valence-electron chi connectivity index (χ0n) is 17.0. The van der Waals surface area contributed by atoms with E-state index in [9.17, 15) is 14.0 Å². The SMILES string of the molecule is CCCNC(=O)C(CC)N(Cc1ccc(F)cc1)C(=O)CCc1ccccc1Cl. The number of hydrogen-bond acceptors (Lipinski definition) is 2. The molecule has 29 heavy (non-hydrogen) atoms. The highest BCUT2D eigenvalue weighted by Crippen LogP contribution is 2.19. The summed E-state index contributed by atoms with van der Waals surface area (Å²) in [6.07, 6.45) is 2.04. The monoisotopic (exact) mass is 418 g/mol. The van der Waals surface area contributed by atoms with Crippen molar-refractivity contribution in [3.8, 4) is 0 Å². The van der Waals surface area contributed by atoms with Gasteiger partial charge in [-0.15, -0.1) is 0 Å². The number of rotatable bonds is 10. The van der Waals surface area contributed by atoms with E-state index < -0.39 is 6.04 Å². The van der Waals surface area contributed by atoms with Gasteiger partial charge in [0, 0.05) is 24.5 Å². The van der Waals surface area contributed by atoms with Gasteiger partial charge in [0.25, 0.3) is 0 Å². The number of nitrogens with zero attached hydrogens (tertiary/aromatic N) is 1. The van der Waals surface area contributed by atoms with E-state index >= 15 is 0 Å². The maximum absolute atomic E-state index is 13.3. The normalized spacial score (nSPS) is 11.7. The first kappa shape index (κ1) is 22.9. The van der Waals surface area contributed by atoms with Gasteiger partial charge in [-0.2, -0.15) is 0 Å². The first-order valence-corrected chi connectivity index (χ1v) is 10.4. The molecule has 156 valence electrons. The Hall–Kier alpha value is -2.40. The van der Waals surface area contributed by atoms with Crippen molar-refractivity contribution < 1.29 is 14.0 Å². The second kappa shape index (κ2) is 11.6. The number of aryl methyl sites for hydroxylation is 1. The van der Waals surface area contributed by atoms with Crippen molar-refractivity contribution in [3.63, 3.8) is 0 Å². The van der Waals surface area contributed by atoms with E-state index in [4.69, 9.17) is 11.6 Å². The molecule has 0 aromatic heterocycles. The van der Waals surface area contributed by atoms with Gasteiger partial charge in [-0.25, -0.2) is 4.39 Å². The average Bonchev–Trinajstić information content (AvgIpc) is 2.72. The van der Waals surface area contributed by atoms with Crippen LogP contribution in [0.5, 0.6) is 0 Å². The first-order chi connectivity index (χ1) is 14.0. The fourth-order valence-corrected chi connectivity index (χ4v) is 3.39. The van der Waals surface area contributed by atoms with Gasteiger partial charge < -0.3 is 10.2 Å². The highest BCUT2D eigenvalue weighted by Gasteiger charge is 2.28. The molecule has 0 fully saturated rings. The molecule has 0 saturated carbocycles. The van der Waals surface area contributed by atoms with Crippen LogP contribution in [0.3, 0.4) is 0 Å². The van der Waals surface area contributed by atoms with Gasteiger partial charge in [0.05, 0.1) is 0 Å². The number of halogens is 2. The molecule has 0 saturated heterocycles. The van der Waals surface area contributed by atoms with Gasteiger partial charge in [0.1, 0.15) is 11.9 Å². The summed E-state index contributed by atoms with van der Waals surface area (Å²) in [5.74, 6) is -0.631. The highest BCUT2D eigenvalue weighted by atomic mass is 35.5. The van der Waals surface area contributed by atoms with Crippen molar-refractivity contribution >= 4 is 23.4 Å². The fraction of sp³-hybridized carbons (Fsp3) is 0.391. The molecule has 1 unspecified atom stereocenters. The number of benzene rings is 2. The Bertz CT molecular complexity index is 811. The third kappa shape index (κ3) is 6.86. The lowest BCUT2D eigenvalue weighted by atomic mass is 10.1. The standard InChI is InChI=1S/C23H28ClFN2O2/c1-3-15-26-23(29)21(4-2)27(16-17-9-12-19(25)13-10-17)22(28)14-11-18-7-5-6-8-20(18)24/h5-10,12-13,21H,3-4,11,14-16H2,1-2H3,(H,26,29). The molecule has 0 radical (unpaired) electrons. The average molecular weight is 419 g/mol. The number of carbonyl (C=O) groups excluding carboxylic acids is 2. The number of amides is 2. The van der Waals surface area contributed by atoms with Crippen LogP contribution in [-0.4, -0.2) is 29.3 Å². The number of carbonyl (C=O) groups is 2. The summed E-state index contributed by atoms with van der Waals surface area (Å²) in [5.41, 5.74) is 1.67. The molecule has 1 atom stereocenters. The molecule has 0 aliphatic heterocycles. The van der Waals surface area contributed by atoms with Crippen LogP contribution in [0, 0.1) is 5.82 Å². The molecular formula is C23H28ClFN2O2. The number of nitrogens with one attached hydrogen (secondary N) is 1. The summed E-state index contributed by atoms with van der Waals surface area (Å²) in [6.45, 7) is 4.68. The largest absolute Gasteiger partial charge is 0.354 e. The van der Waals surface area contributed by atoms with Crippen LogP contribution in [0.1, 0.15) is 44.2 Å². The Balaban J connectivity index is 2.19. The summed E-state index contributed by atoms with van der Waals surface area (Å²) in [6, 6.07) is 12.8. The van der Waals surface area contributed by atoms with Gasteiger partial charge >= 0.3 is 0 Å². The third-order valence-electron chi connectivity index (χ3n) is 4.77. The van der Waals surface area contributed by atoms with E-state index in [0.717, 1.165) is 17.5 Å². The maximum atomic E-state index is 13.3. The second-order valence-electron chi connectivity index (χ2n) is 6.95. The van der Waals surface area contributed by atoms with E-state index in [1.54, 1.807) is 23.1 Å². The molecule has 0 spiro atoms. The molecule has 0 aliphatic carbocycles. The molecule has 0 bridgehead atoms. The summed E-state index contributed by atoms with van der Waals surface area (Å²) in [5, 5.41) is 3.51. The van der Waals surface area contributed by atoms with Gasteiger partial charge in [-0.3, -0.25) is 9.59 Å². The van der Waals surface area contributed by atoms with Crippen LogP contribution >= 0.6 is 11.6 Å². The van der Waals surface area contributed by atoms with Crippen LogP contribution in [0.2, 0.25) is 5.02 Å². The van der Waals surface area contributed by atoms with Crippen LogP contribution in [0.15, 0.2) is 48.5 Å².